The average Bonchev–Trinajstić information content (AvgIpc) is 3.10. The van der Waals surface area contributed by atoms with E-state index >= 15 is 0 Å². The number of morpholine rings is 1. The highest BCUT2D eigenvalue weighted by Gasteiger charge is 2.22. The SMILES string of the molecule is CC(C)CN1CCO[C@@H](CNC(=O)c2ccc(-c3ccc(F)cc3)o2)C1. The summed E-state index contributed by atoms with van der Waals surface area (Å²) in [6.07, 6.45) is -0.0158. The fourth-order valence-corrected chi connectivity index (χ4v) is 3.11. The van der Waals surface area contributed by atoms with Crippen molar-refractivity contribution in [2.45, 2.75) is 20.0 Å². The van der Waals surface area contributed by atoms with Crippen LogP contribution >= 0.6 is 0 Å². The normalized spacial score (nSPS) is 18.2. The summed E-state index contributed by atoms with van der Waals surface area (Å²) in [5.41, 5.74) is 0.727. The Morgan fingerprint density at radius 2 is 2.04 bits per heavy atom. The van der Waals surface area contributed by atoms with Gasteiger partial charge in [-0.3, -0.25) is 9.69 Å². The third-order valence-corrected chi connectivity index (χ3v) is 4.30. The molecule has 0 bridgehead atoms. The number of carbonyl (C=O) groups is 1. The van der Waals surface area contributed by atoms with Crippen molar-refractivity contribution in [2.75, 3.05) is 32.8 Å². The molecular formula is C20H25FN2O3. The van der Waals surface area contributed by atoms with Crippen LogP contribution in [0.4, 0.5) is 4.39 Å². The van der Waals surface area contributed by atoms with Crippen LogP contribution in [0, 0.1) is 11.7 Å². The minimum absolute atomic E-state index is 0.0158. The molecule has 2 aromatic rings. The Bertz CT molecular complexity index is 727. The van der Waals surface area contributed by atoms with Gasteiger partial charge in [0.05, 0.1) is 12.7 Å². The van der Waals surface area contributed by atoms with E-state index in [1.165, 1.54) is 12.1 Å². The molecule has 6 heteroatoms. The fraction of sp³-hybridized carbons (Fsp3) is 0.450. The van der Waals surface area contributed by atoms with E-state index in [9.17, 15) is 9.18 Å². The molecule has 140 valence electrons. The first kappa shape index (κ1) is 18.6. The van der Waals surface area contributed by atoms with Crippen molar-refractivity contribution >= 4 is 5.91 Å². The molecule has 3 rings (SSSR count). The van der Waals surface area contributed by atoms with Gasteiger partial charge in [0.25, 0.3) is 5.91 Å². The van der Waals surface area contributed by atoms with E-state index in [1.54, 1.807) is 24.3 Å². The van der Waals surface area contributed by atoms with Gasteiger partial charge < -0.3 is 14.5 Å². The van der Waals surface area contributed by atoms with Crippen molar-refractivity contribution in [3.05, 3.63) is 48.0 Å². The second-order valence-corrected chi connectivity index (χ2v) is 7.03. The number of nitrogens with one attached hydrogen (secondary N) is 1. The van der Waals surface area contributed by atoms with Gasteiger partial charge in [-0.15, -0.1) is 0 Å². The monoisotopic (exact) mass is 360 g/mol. The molecule has 1 atom stereocenters. The molecule has 26 heavy (non-hydrogen) atoms. The number of rotatable bonds is 6. The van der Waals surface area contributed by atoms with Crippen LogP contribution in [0.2, 0.25) is 0 Å². The van der Waals surface area contributed by atoms with Gasteiger partial charge in [-0.25, -0.2) is 4.39 Å². The number of halogens is 1. The first-order valence-corrected chi connectivity index (χ1v) is 8.99. The van der Waals surface area contributed by atoms with E-state index in [4.69, 9.17) is 9.15 Å². The van der Waals surface area contributed by atoms with E-state index in [0.717, 1.165) is 25.2 Å². The Kier molecular flexibility index (Phi) is 6.06. The second kappa shape index (κ2) is 8.47. The summed E-state index contributed by atoms with van der Waals surface area (Å²) in [7, 11) is 0. The highest BCUT2D eigenvalue weighted by molar-refractivity contribution is 5.92. The zero-order valence-corrected chi connectivity index (χ0v) is 15.2. The van der Waals surface area contributed by atoms with Gasteiger partial charge in [0.2, 0.25) is 0 Å². The molecule has 1 aromatic carbocycles. The molecule has 0 aliphatic carbocycles. The Morgan fingerprint density at radius 1 is 1.27 bits per heavy atom. The molecule has 1 aliphatic rings. The highest BCUT2D eigenvalue weighted by atomic mass is 19.1. The first-order valence-electron chi connectivity index (χ1n) is 8.99. The summed E-state index contributed by atoms with van der Waals surface area (Å²) in [6, 6.07) is 9.30. The number of nitrogens with zero attached hydrogens (tertiary/aromatic N) is 1. The summed E-state index contributed by atoms with van der Waals surface area (Å²) < 4.78 is 24.3. The molecule has 1 fully saturated rings. The Labute approximate surface area is 153 Å². The molecule has 1 aromatic heterocycles. The largest absolute Gasteiger partial charge is 0.451 e. The minimum Gasteiger partial charge on any atom is -0.451 e. The lowest BCUT2D eigenvalue weighted by Crippen LogP contribution is -2.48. The Balaban J connectivity index is 1.53. The summed E-state index contributed by atoms with van der Waals surface area (Å²) >= 11 is 0. The topological polar surface area (TPSA) is 54.7 Å². The van der Waals surface area contributed by atoms with Crippen LogP contribution in [0.3, 0.4) is 0 Å². The van der Waals surface area contributed by atoms with Gasteiger partial charge >= 0.3 is 0 Å². The fourth-order valence-electron chi connectivity index (χ4n) is 3.11. The quantitative estimate of drug-likeness (QED) is 0.860. The maximum Gasteiger partial charge on any atom is 0.287 e. The zero-order valence-electron chi connectivity index (χ0n) is 15.2. The van der Waals surface area contributed by atoms with E-state index in [-0.39, 0.29) is 23.6 Å². The lowest BCUT2D eigenvalue weighted by atomic mass is 10.2. The molecule has 0 unspecified atom stereocenters. The van der Waals surface area contributed by atoms with Crippen molar-refractivity contribution in [2.24, 2.45) is 5.92 Å². The van der Waals surface area contributed by atoms with E-state index < -0.39 is 0 Å². The molecule has 5 nitrogen and oxygen atoms in total. The standard InChI is InChI=1S/C20H25FN2O3/c1-14(2)12-23-9-10-25-17(13-23)11-22-20(24)19-8-7-18(26-19)15-3-5-16(21)6-4-15/h3-8,14,17H,9-13H2,1-2H3,(H,22,24)/t17-/m0/s1. The lowest BCUT2D eigenvalue weighted by molar-refractivity contribution is -0.0296. The molecule has 1 saturated heterocycles. The number of carbonyl (C=O) groups excluding carboxylic acids is 1. The summed E-state index contributed by atoms with van der Waals surface area (Å²) in [4.78, 5) is 14.7. The van der Waals surface area contributed by atoms with Crippen LogP contribution in [-0.2, 0) is 4.74 Å². The molecule has 0 spiro atoms. The molecule has 0 saturated carbocycles. The van der Waals surface area contributed by atoms with E-state index in [1.807, 2.05) is 0 Å². The Morgan fingerprint density at radius 3 is 2.77 bits per heavy atom. The Hall–Kier alpha value is -2.18. The minimum atomic E-state index is -0.308. The smallest absolute Gasteiger partial charge is 0.287 e. The molecule has 1 N–H and O–H groups in total. The van der Waals surface area contributed by atoms with Crippen LogP contribution < -0.4 is 5.32 Å². The lowest BCUT2D eigenvalue weighted by Gasteiger charge is -2.33. The van der Waals surface area contributed by atoms with Gasteiger partial charge in [0.1, 0.15) is 11.6 Å². The van der Waals surface area contributed by atoms with Gasteiger partial charge in [-0.2, -0.15) is 0 Å². The zero-order chi connectivity index (χ0) is 18.5. The van der Waals surface area contributed by atoms with Gasteiger partial charge in [0.15, 0.2) is 5.76 Å². The van der Waals surface area contributed by atoms with E-state index in [2.05, 4.69) is 24.1 Å². The van der Waals surface area contributed by atoms with E-state index in [0.29, 0.717) is 24.8 Å². The number of furan rings is 1. The third-order valence-electron chi connectivity index (χ3n) is 4.30. The summed E-state index contributed by atoms with van der Waals surface area (Å²) in [5, 5.41) is 2.87. The molecule has 1 amide bonds. The number of benzene rings is 1. The van der Waals surface area contributed by atoms with Crippen LogP contribution in [0.1, 0.15) is 24.4 Å². The molecule has 0 radical (unpaired) electrons. The van der Waals surface area contributed by atoms with Crippen LogP contribution in [0.15, 0.2) is 40.8 Å². The highest BCUT2D eigenvalue weighted by Crippen LogP contribution is 2.22. The molecular weight excluding hydrogens is 335 g/mol. The predicted molar refractivity (Wildman–Crippen MR) is 97.5 cm³/mol. The molecule has 1 aliphatic heterocycles. The van der Waals surface area contributed by atoms with Crippen molar-refractivity contribution in [3.8, 4) is 11.3 Å². The summed E-state index contributed by atoms with van der Waals surface area (Å²) in [6.45, 7) is 8.30. The van der Waals surface area contributed by atoms with Crippen LogP contribution in [0.25, 0.3) is 11.3 Å². The predicted octanol–water partition coefficient (Wildman–Crippen LogP) is 3.17. The number of hydrogen-bond donors (Lipinski definition) is 1. The van der Waals surface area contributed by atoms with Crippen LogP contribution in [0.5, 0.6) is 0 Å². The molecule has 2 heterocycles. The number of ether oxygens (including phenoxy) is 1. The number of hydrogen-bond acceptors (Lipinski definition) is 4. The van der Waals surface area contributed by atoms with Crippen molar-refractivity contribution in [3.63, 3.8) is 0 Å². The number of amides is 1. The third kappa shape index (κ3) is 4.93. The first-order chi connectivity index (χ1) is 12.5. The maximum atomic E-state index is 13.0. The van der Waals surface area contributed by atoms with Crippen molar-refractivity contribution < 1.29 is 18.3 Å². The van der Waals surface area contributed by atoms with Crippen LogP contribution in [-0.4, -0.2) is 49.7 Å². The second-order valence-electron chi connectivity index (χ2n) is 7.03. The van der Waals surface area contributed by atoms with Gasteiger partial charge in [-0.1, -0.05) is 13.8 Å². The average molecular weight is 360 g/mol. The van der Waals surface area contributed by atoms with Crippen molar-refractivity contribution in [1.82, 2.24) is 10.2 Å². The van der Waals surface area contributed by atoms with Crippen molar-refractivity contribution in [1.29, 1.82) is 0 Å². The summed E-state index contributed by atoms with van der Waals surface area (Å²) in [5.74, 6) is 0.794. The van der Waals surface area contributed by atoms with Gasteiger partial charge in [0, 0.05) is 31.7 Å². The maximum absolute atomic E-state index is 13.0. The van der Waals surface area contributed by atoms with Gasteiger partial charge in [-0.05, 0) is 42.3 Å².